The van der Waals surface area contributed by atoms with E-state index in [1.165, 1.54) is 35.0 Å². The van der Waals surface area contributed by atoms with Gasteiger partial charge < -0.3 is 4.57 Å². The van der Waals surface area contributed by atoms with Gasteiger partial charge in [-0.25, -0.2) is 0 Å². The van der Waals surface area contributed by atoms with Crippen molar-refractivity contribution >= 4 is 21.0 Å². The quantitative estimate of drug-likeness (QED) is 0.584. The average Bonchev–Trinajstić information content (AvgIpc) is 3.30. The van der Waals surface area contributed by atoms with Crippen LogP contribution < -0.4 is 0 Å². The molecule has 0 bridgehead atoms. The van der Waals surface area contributed by atoms with Gasteiger partial charge in [0.2, 0.25) is 0 Å². The van der Waals surface area contributed by atoms with Crippen LogP contribution in [-0.4, -0.2) is 47.2 Å². The van der Waals surface area contributed by atoms with Crippen molar-refractivity contribution in [2.24, 2.45) is 0 Å². The molecule has 2 atom stereocenters. The van der Waals surface area contributed by atoms with Crippen LogP contribution in [0.1, 0.15) is 47.5 Å². The van der Waals surface area contributed by atoms with Gasteiger partial charge in [-0.3, -0.25) is 19.1 Å². The Labute approximate surface area is 176 Å². The molecule has 5 rings (SSSR count). The molecule has 3 aromatic rings. The summed E-state index contributed by atoms with van der Waals surface area (Å²) >= 11 is 0. The van der Waals surface area contributed by atoms with E-state index in [9.17, 15) is 8.42 Å². The summed E-state index contributed by atoms with van der Waals surface area (Å²) in [7, 11) is -3.66. The second kappa shape index (κ2) is 7.44. The summed E-state index contributed by atoms with van der Waals surface area (Å²) in [6.45, 7) is 4.69. The molecule has 0 N–H and O–H groups in total. The minimum absolute atomic E-state index is 0.382. The first-order chi connectivity index (χ1) is 14.4. The van der Waals surface area contributed by atoms with E-state index >= 15 is 0 Å². The van der Waals surface area contributed by atoms with E-state index in [1.54, 1.807) is 18.6 Å². The standard InChI is InChI=1S/C22H26N4O3S/c1-15-5-6-18-16(12-15)22-19-4-3-10-25(19)11-7-20(22)26(18)14-21(29-30(2,27)28)17-13-23-8-9-24-17/h5-6,8-9,12-13,19,21H,3-4,7,10-11,14H2,1-2H3. The number of rotatable bonds is 5. The van der Waals surface area contributed by atoms with Gasteiger partial charge in [-0.15, -0.1) is 0 Å². The SMILES string of the molecule is Cc1ccc2c(c1)c1c(n2CC(OS(C)(=O)=O)c2cnccn2)CCN2CCCC12. The predicted octanol–water partition coefficient (Wildman–Crippen LogP) is 3.15. The Hall–Kier alpha value is -2.29. The summed E-state index contributed by atoms with van der Waals surface area (Å²) < 4.78 is 31.7. The Morgan fingerprint density at radius 3 is 2.90 bits per heavy atom. The van der Waals surface area contributed by atoms with Crippen LogP contribution in [0.4, 0.5) is 0 Å². The van der Waals surface area contributed by atoms with Crippen molar-refractivity contribution in [1.82, 2.24) is 19.4 Å². The molecule has 0 saturated carbocycles. The molecule has 2 aliphatic heterocycles. The topological polar surface area (TPSA) is 77.3 Å². The van der Waals surface area contributed by atoms with E-state index in [0.29, 0.717) is 18.3 Å². The highest BCUT2D eigenvalue weighted by molar-refractivity contribution is 7.86. The van der Waals surface area contributed by atoms with E-state index < -0.39 is 16.2 Å². The number of nitrogens with zero attached hydrogens (tertiary/aromatic N) is 4. The van der Waals surface area contributed by atoms with Crippen molar-refractivity contribution < 1.29 is 12.6 Å². The Kier molecular flexibility index (Phi) is 4.88. The number of hydrogen-bond acceptors (Lipinski definition) is 6. The van der Waals surface area contributed by atoms with Gasteiger partial charge >= 0.3 is 0 Å². The zero-order valence-corrected chi connectivity index (χ0v) is 18.1. The zero-order chi connectivity index (χ0) is 20.9. The number of aryl methyl sites for hydroxylation is 1. The first kappa shape index (κ1) is 19.7. The fourth-order valence-electron chi connectivity index (χ4n) is 5.09. The van der Waals surface area contributed by atoms with E-state index in [1.807, 2.05) is 0 Å². The first-order valence-corrected chi connectivity index (χ1v) is 12.2. The summed E-state index contributed by atoms with van der Waals surface area (Å²) in [6.07, 6.45) is 8.43. The molecule has 1 saturated heterocycles. The van der Waals surface area contributed by atoms with Crippen molar-refractivity contribution in [3.05, 3.63) is 59.3 Å². The lowest BCUT2D eigenvalue weighted by Crippen LogP contribution is -2.32. The van der Waals surface area contributed by atoms with Crippen molar-refractivity contribution in [3.63, 3.8) is 0 Å². The highest BCUT2D eigenvalue weighted by Crippen LogP contribution is 2.43. The largest absolute Gasteiger partial charge is 0.341 e. The number of fused-ring (bicyclic) bond motifs is 5. The predicted molar refractivity (Wildman–Crippen MR) is 115 cm³/mol. The smallest absolute Gasteiger partial charge is 0.265 e. The Morgan fingerprint density at radius 1 is 1.27 bits per heavy atom. The fraction of sp³-hybridized carbons (Fsp3) is 0.455. The molecule has 7 nitrogen and oxygen atoms in total. The van der Waals surface area contributed by atoms with E-state index in [-0.39, 0.29) is 0 Å². The molecule has 2 aromatic heterocycles. The summed E-state index contributed by atoms with van der Waals surface area (Å²) in [6, 6.07) is 6.98. The van der Waals surface area contributed by atoms with E-state index in [2.05, 4.69) is 44.6 Å². The molecular weight excluding hydrogens is 400 g/mol. The minimum atomic E-state index is -3.66. The van der Waals surface area contributed by atoms with E-state index in [4.69, 9.17) is 4.18 Å². The van der Waals surface area contributed by atoms with Crippen molar-refractivity contribution in [1.29, 1.82) is 0 Å². The molecule has 158 valence electrons. The molecule has 0 aliphatic carbocycles. The monoisotopic (exact) mass is 426 g/mol. The highest BCUT2D eigenvalue weighted by atomic mass is 32.2. The van der Waals surface area contributed by atoms with Gasteiger partial charge in [0.1, 0.15) is 6.10 Å². The molecule has 2 aliphatic rings. The maximum Gasteiger partial charge on any atom is 0.265 e. The second-order valence-corrected chi connectivity index (χ2v) is 9.96. The fourth-order valence-corrected chi connectivity index (χ4v) is 5.68. The number of aromatic nitrogens is 3. The van der Waals surface area contributed by atoms with Gasteiger partial charge in [0.25, 0.3) is 10.1 Å². The molecule has 0 amide bonds. The lowest BCUT2D eigenvalue weighted by Gasteiger charge is -2.31. The van der Waals surface area contributed by atoms with Gasteiger partial charge in [0.05, 0.1) is 24.7 Å². The van der Waals surface area contributed by atoms with Gasteiger partial charge in [-0.1, -0.05) is 11.6 Å². The molecule has 30 heavy (non-hydrogen) atoms. The Balaban J connectivity index is 1.65. The summed E-state index contributed by atoms with van der Waals surface area (Å²) in [5, 5.41) is 1.28. The lowest BCUT2D eigenvalue weighted by atomic mass is 9.95. The molecule has 4 heterocycles. The number of benzene rings is 1. The number of hydrogen-bond donors (Lipinski definition) is 0. The van der Waals surface area contributed by atoms with Crippen LogP contribution in [0, 0.1) is 6.92 Å². The normalized spacial score (nSPS) is 20.3. The molecule has 1 fully saturated rings. The molecular formula is C22H26N4O3S. The van der Waals surface area contributed by atoms with Gasteiger partial charge in [-0.2, -0.15) is 8.42 Å². The summed E-state index contributed by atoms with van der Waals surface area (Å²) in [5.41, 5.74) is 5.59. The summed E-state index contributed by atoms with van der Waals surface area (Å²) in [4.78, 5) is 11.0. The third-order valence-electron chi connectivity index (χ3n) is 6.25. The second-order valence-electron chi connectivity index (χ2n) is 8.35. The maximum atomic E-state index is 12.0. The molecule has 1 aromatic carbocycles. The van der Waals surface area contributed by atoms with Crippen LogP contribution in [0.25, 0.3) is 10.9 Å². The highest BCUT2D eigenvalue weighted by Gasteiger charge is 2.36. The average molecular weight is 427 g/mol. The van der Waals surface area contributed by atoms with Crippen LogP contribution in [-0.2, 0) is 27.3 Å². The third-order valence-corrected chi connectivity index (χ3v) is 6.84. The van der Waals surface area contributed by atoms with Crippen LogP contribution in [0.5, 0.6) is 0 Å². The van der Waals surface area contributed by atoms with Crippen molar-refractivity contribution in [3.8, 4) is 0 Å². The van der Waals surface area contributed by atoms with E-state index in [0.717, 1.165) is 31.3 Å². The molecule has 0 spiro atoms. The molecule has 0 radical (unpaired) electrons. The maximum absolute atomic E-state index is 12.0. The van der Waals surface area contributed by atoms with Crippen LogP contribution in [0.2, 0.25) is 0 Å². The van der Waals surface area contributed by atoms with Crippen LogP contribution in [0.15, 0.2) is 36.8 Å². The Morgan fingerprint density at radius 2 is 2.13 bits per heavy atom. The van der Waals surface area contributed by atoms with Crippen molar-refractivity contribution in [2.75, 3.05) is 19.3 Å². The third kappa shape index (κ3) is 3.53. The zero-order valence-electron chi connectivity index (χ0n) is 17.3. The van der Waals surface area contributed by atoms with Crippen LogP contribution in [0.3, 0.4) is 0 Å². The van der Waals surface area contributed by atoms with Crippen molar-refractivity contribution in [2.45, 2.75) is 44.9 Å². The lowest BCUT2D eigenvalue weighted by molar-refractivity contribution is 0.185. The van der Waals surface area contributed by atoms with Gasteiger partial charge in [0, 0.05) is 48.0 Å². The molecule has 2 unspecified atom stereocenters. The van der Waals surface area contributed by atoms with Gasteiger partial charge in [0.15, 0.2) is 0 Å². The minimum Gasteiger partial charge on any atom is -0.341 e. The first-order valence-electron chi connectivity index (χ1n) is 10.4. The van der Waals surface area contributed by atoms with Crippen LogP contribution >= 0.6 is 0 Å². The molecule has 8 heteroatoms. The Bertz CT molecular complexity index is 1190. The van der Waals surface area contributed by atoms with Gasteiger partial charge in [-0.05, 0) is 44.0 Å². The summed E-state index contributed by atoms with van der Waals surface area (Å²) in [5.74, 6) is 0.